The van der Waals surface area contributed by atoms with Crippen LogP contribution in [0, 0.1) is 5.92 Å². The Labute approximate surface area is 215 Å². The van der Waals surface area contributed by atoms with E-state index in [0.29, 0.717) is 37.6 Å². The number of ether oxygens (including phenoxy) is 1. The molecule has 4 heterocycles. The first-order valence-corrected chi connectivity index (χ1v) is 13.8. The molecule has 192 valence electrons. The van der Waals surface area contributed by atoms with Crippen molar-refractivity contribution in [2.75, 3.05) is 26.3 Å². The van der Waals surface area contributed by atoms with E-state index >= 15 is 0 Å². The molecule has 3 aromatic rings. The Morgan fingerprint density at radius 1 is 1.00 bits per heavy atom. The van der Waals surface area contributed by atoms with E-state index in [-0.39, 0.29) is 22.8 Å². The number of carbonyl (C=O) groups excluding carboxylic acids is 1. The second-order valence-electron chi connectivity index (χ2n) is 9.32. The van der Waals surface area contributed by atoms with Crippen LogP contribution in [0.3, 0.4) is 0 Å². The van der Waals surface area contributed by atoms with Crippen molar-refractivity contribution in [3.63, 3.8) is 0 Å². The summed E-state index contributed by atoms with van der Waals surface area (Å²) in [6.45, 7) is 1.37. The molecule has 0 unspecified atom stereocenters. The lowest BCUT2D eigenvalue weighted by Crippen LogP contribution is -2.40. The standard InChI is InChI=1S/C27H27N3O6S/c31-27(19-8-10-22(11-9-19)37(32,33)29-12-16-34-17-13-29)30-26(24-7-3-15-36-24)23-6-1-4-20(25(23)28-30)18-21-5-2-14-35-21/h2-3,5,7-11,14-15,18,23,26H,1,4,6,12-13,16-17H2/b20-18-/t23-,26+/m1/s1. The second kappa shape index (κ2) is 9.77. The van der Waals surface area contributed by atoms with Crippen LogP contribution in [-0.2, 0) is 14.8 Å². The molecule has 2 aromatic heterocycles. The van der Waals surface area contributed by atoms with Crippen LogP contribution in [0.15, 0.2) is 85.5 Å². The van der Waals surface area contributed by atoms with E-state index in [2.05, 4.69) is 0 Å². The fraction of sp³-hybridized carbons (Fsp3) is 0.333. The van der Waals surface area contributed by atoms with Crippen molar-refractivity contribution in [1.82, 2.24) is 9.31 Å². The average Bonchev–Trinajstić information content (AvgIpc) is 3.70. The molecule has 1 saturated carbocycles. The molecule has 6 rings (SSSR count). The van der Waals surface area contributed by atoms with E-state index in [1.54, 1.807) is 24.7 Å². The van der Waals surface area contributed by atoms with Crippen molar-refractivity contribution in [2.45, 2.75) is 30.2 Å². The van der Waals surface area contributed by atoms with Gasteiger partial charge in [-0.15, -0.1) is 0 Å². The Morgan fingerprint density at radius 2 is 1.76 bits per heavy atom. The summed E-state index contributed by atoms with van der Waals surface area (Å²) in [5.74, 6) is 1.10. The maximum Gasteiger partial charge on any atom is 0.274 e. The summed E-state index contributed by atoms with van der Waals surface area (Å²) in [4.78, 5) is 13.9. The van der Waals surface area contributed by atoms with Gasteiger partial charge in [-0.2, -0.15) is 9.41 Å². The van der Waals surface area contributed by atoms with Gasteiger partial charge in [-0.3, -0.25) is 4.79 Å². The van der Waals surface area contributed by atoms with E-state index in [9.17, 15) is 13.2 Å². The van der Waals surface area contributed by atoms with Crippen molar-refractivity contribution in [2.24, 2.45) is 11.0 Å². The third-order valence-corrected chi connectivity index (χ3v) is 9.03. The molecule has 3 aliphatic rings. The number of hydrogen-bond acceptors (Lipinski definition) is 7. The molecule has 2 aliphatic heterocycles. The molecule has 9 nitrogen and oxygen atoms in total. The summed E-state index contributed by atoms with van der Waals surface area (Å²) < 4.78 is 43.9. The lowest BCUT2D eigenvalue weighted by atomic mass is 9.79. The Bertz CT molecular complexity index is 1420. The van der Waals surface area contributed by atoms with Gasteiger partial charge in [0.25, 0.3) is 5.91 Å². The normalized spacial score (nSPS) is 23.7. The highest BCUT2D eigenvalue weighted by Crippen LogP contribution is 2.45. The summed E-state index contributed by atoms with van der Waals surface area (Å²) in [5.41, 5.74) is 2.27. The molecular weight excluding hydrogens is 494 g/mol. The summed E-state index contributed by atoms with van der Waals surface area (Å²) >= 11 is 0. The highest BCUT2D eigenvalue weighted by molar-refractivity contribution is 7.89. The van der Waals surface area contributed by atoms with Crippen molar-refractivity contribution in [1.29, 1.82) is 0 Å². The topological polar surface area (TPSA) is 106 Å². The Hall–Kier alpha value is -3.47. The van der Waals surface area contributed by atoms with Gasteiger partial charge in [-0.05, 0) is 79.4 Å². The van der Waals surface area contributed by atoms with Crippen LogP contribution in [0.25, 0.3) is 6.08 Å². The fourth-order valence-corrected chi connectivity index (χ4v) is 6.70. The molecular formula is C27H27N3O6S. The van der Waals surface area contributed by atoms with Crippen LogP contribution in [0.1, 0.15) is 47.2 Å². The molecule has 2 fully saturated rings. The Morgan fingerprint density at radius 3 is 2.46 bits per heavy atom. The third kappa shape index (κ3) is 4.45. The largest absolute Gasteiger partial charge is 0.467 e. The first kappa shape index (κ1) is 23.9. The summed E-state index contributed by atoms with van der Waals surface area (Å²) in [6, 6.07) is 13.1. The predicted molar refractivity (Wildman–Crippen MR) is 135 cm³/mol. The fourth-order valence-electron chi connectivity index (χ4n) is 5.29. The van der Waals surface area contributed by atoms with Crippen LogP contribution < -0.4 is 0 Å². The monoisotopic (exact) mass is 521 g/mol. The molecule has 0 bridgehead atoms. The number of fused-ring (bicyclic) bond motifs is 1. The smallest absolute Gasteiger partial charge is 0.274 e. The highest BCUT2D eigenvalue weighted by Gasteiger charge is 2.45. The van der Waals surface area contributed by atoms with Gasteiger partial charge in [0.15, 0.2) is 0 Å². The van der Waals surface area contributed by atoms with E-state index in [4.69, 9.17) is 18.7 Å². The zero-order chi connectivity index (χ0) is 25.4. The zero-order valence-corrected chi connectivity index (χ0v) is 21.0. The Kier molecular flexibility index (Phi) is 6.31. The van der Waals surface area contributed by atoms with E-state index < -0.39 is 10.0 Å². The van der Waals surface area contributed by atoms with Gasteiger partial charge in [0, 0.05) is 24.6 Å². The molecule has 1 saturated heterocycles. The van der Waals surface area contributed by atoms with Crippen LogP contribution in [0.2, 0.25) is 0 Å². The molecule has 1 amide bonds. The van der Waals surface area contributed by atoms with Gasteiger partial charge in [0.2, 0.25) is 10.0 Å². The number of furan rings is 2. The van der Waals surface area contributed by atoms with Gasteiger partial charge >= 0.3 is 0 Å². The first-order valence-electron chi connectivity index (χ1n) is 12.4. The van der Waals surface area contributed by atoms with Gasteiger partial charge in [-0.25, -0.2) is 13.4 Å². The SMILES string of the molecule is O=C(c1ccc(S(=O)(=O)N2CCOCC2)cc1)N1N=C2/C(=C\c3ccco3)CCC[C@H]2[C@H]1c1ccco1. The maximum atomic E-state index is 13.7. The minimum atomic E-state index is -3.65. The van der Waals surface area contributed by atoms with Gasteiger partial charge < -0.3 is 13.6 Å². The van der Waals surface area contributed by atoms with Gasteiger partial charge in [0.05, 0.1) is 36.3 Å². The van der Waals surface area contributed by atoms with Gasteiger partial charge in [-0.1, -0.05) is 0 Å². The number of allylic oxidation sites excluding steroid dienone is 1. The second-order valence-corrected chi connectivity index (χ2v) is 11.3. The molecule has 2 atom stereocenters. The van der Waals surface area contributed by atoms with Crippen molar-refractivity contribution in [3.8, 4) is 0 Å². The van der Waals surface area contributed by atoms with E-state index in [1.165, 1.54) is 21.4 Å². The number of morpholine rings is 1. The summed E-state index contributed by atoms with van der Waals surface area (Å²) in [6.07, 6.45) is 7.90. The van der Waals surface area contributed by atoms with Crippen LogP contribution in [0.4, 0.5) is 0 Å². The lowest BCUT2D eigenvalue weighted by molar-refractivity contribution is 0.0656. The molecule has 1 aromatic carbocycles. The number of sulfonamides is 1. The molecule has 37 heavy (non-hydrogen) atoms. The minimum Gasteiger partial charge on any atom is -0.467 e. The predicted octanol–water partition coefficient (Wildman–Crippen LogP) is 4.33. The Balaban J connectivity index is 1.32. The van der Waals surface area contributed by atoms with Crippen LogP contribution in [-0.4, -0.2) is 55.7 Å². The molecule has 0 N–H and O–H groups in total. The van der Waals surface area contributed by atoms with Crippen LogP contribution in [0.5, 0.6) is 0 Å². The number of benzene rings is 1. The number of hydrogen-bond donors (Lipinski definition) is 0. The number of nitrogens with zero attached hydrogens (tertiary/aromatic N) is 3. The highest BCUT2D eigenvalue weighted by atomic mass is 32.2. The minimum absolute atomic E-state index is 0.00830. The molecule has 0 spiro atoms. The van der Waals surface area contributed by atoms with E-state index in [1.807, 2.05) is 30.3 Å². The number of carbonyl (C=O) groups is 1. The summed E-state index contributed by atoms with van der Waals surface area (Å²) in [7, 11) is -3.65. The molecule has 0 radical (unpaired) electrons. The van der Waals surface area contributed by atoms with Crippen molar-refractivity contribution in [3.05, 3.63) is 83.7 Å². The zero-order valence-electron chi connectivity index (χ0n) is 20.2. The maximum absolute atomic E-state index is 13.7. The first-order chi connectivity index (χ1) is 18.0. The average molecular weight is 522 g/mol. The lowest BCUT2D eigenvalue weighted by Gasteiger charge is -2.28. The summed E-state index contributed by atoms with van der Waals surface area (Å²) in [5, 5.41) is 6.31. The molecule has 10 heteroatoms. The van der Waals surface area contributed by atoms with Crippen molar-refractivity contribution < 1.29 is 26.8 Å². The van der Waals surface area contributed by atoms with Gasteiger partial charge in [0.1, 0.15) is 17.6 Å². The number of hydrazone groups is 1. The molecule has 1 aliphatic carbocycles. The third-order valence-electron chi connectivity index (χ3n) is 7.11. The van der Waals surface area contributed by atoms with Crippen molar-refractivity contribution >= 4 is 27.7 Å². The number of rotatable bonds is 5. The quantitative estimate of drug-likeness (QED) is 0.495. The van der Waals surface area contributed by atoms with Crippen LogP contribution >= 0.6 is 0 Å². The van der Waals surface area contributed by atoms with E-state index in [0.717, 1.165) is 36.3 Å². The number of amides is 1.